The number of hydrogen-bond donors (Lipinski definition) is 1. The van der Waals surface area contributed by atoms with E-state index in [2.05, 4.69) is 15.9 Å². The van der Waals surface area contributed by atoms with Crippen molar-refractivity contribution in [1.82, 2.24) is 0 Å². The molecule has 0 aliphatic heterocycles. The van der Waals surface area contributed by atoms with Crippen LogP contribution < -0.4 is 0 Å². The van der Waals surface area contributed by atoms with Crippen LogP contribution in [0.25, 0.3) is 0 Å². The Morgan fingerprint density at radius 3 is 2.14 bits per heavy atom. The van der Waals surface area contributed by atoms with Crippen molar-refractivity contribution in [3.8, 4) is 0 Å². The van der Waals surface area contributed by atoms with Crippen molar-refractivity contribution >= 4 is 27.7 Å². The molecule has 0 fully saturated rings. The van der Waals surface area contributed by atoms with Crippen LogP contribution in [0.2, 0.25) is 0 Å². The molecule has 0 bridgehead atoms. The second-order valence-electron chi connectivity index (χ2n) is 4.71. The standard InChI is InChI=1S/C16H12BrFO3/c1-8-3-4-9(2)14(16(20)21)13(8)15(19)10-5-6-12(18)11(17)7-10/h3-7H,1-2H3,(H,20,21). The molecule has 0 aliphatic carbocycles. The van der Waals surface area contributed by atoms with Crippen molar-refractivity contribution in [1.29, 1.82) is 0 Å². The Hall–Kier alpha value is -2.01. The molecule has 0 saturated carbocycles. The van der Waals surface area contributed by atoms with Crippen LogP contribution in [0.15, 0.2) is 34.8 Å². The third-order valence-electron chi connectivity index (χ3n) is 3.24. The lowest BCUT2D eigenvalue weighted by atomic mass is 9.91. The zero-order valence-electron chi connectivity index (χ0n) is 11.4. The van der Waals surface area contributed by atoms with Gasteiger partial charge in [0.25, 0.3) is 0 Å². The van der Waals surface area contributed by atoms with Gasteiger partial charge in [-0.2, -0.15) is 0 Å². The summed E-state index contributed by atoms with van der Waals surface area (Å²) in [7, 11) is 0. The number of carboxylic acids is 1. The molecule has 0 aromatic heterocycles. The number of carboxylic acid groups (broad SMARTS) is 1. The summed E-state index contributed by atoms with van der Waals surface area (Å²) in [4.78, 5) is 24.0. The number of aryl methyl sites for hydroxylation is 2. The van der Waals surface area contributed by atoms with Crippen LogP contribution in [0, 0.1) is 19.7 Å². The van der Waals surface area contributed by atoms with Crippen LogP contribution in [-0.2, 0) is 0 Å². The summed E-state index contributed by atoms with van der Waals surface area (Å²) in [5.74, 6) is -2.07. The predicted molar refractivity (Wildman–Crippen MR) is 80.4 cm³/mol. The molecule has 1 N–H and O–H groups in total. The first-order chi connectivity index (χ1) is 9.82. The van der Waals surface area contributed by atoms with Gasteiger partial charge in [-0.3, -0.25) is 4.79 Å². The fourth-order valence-electron chi connectivity index (χ4n) is 2.16. The van der Waals surface area contributed by atoms with Gasteiger partial charge in [-0.15, -0.1) is 0 Å². The van der Waals surface area contributed by atoms with E-state index in [4.69, 9.17) is 0 Å². The maximum absolute atomic E-state index is 13.3. The summed E-state index contributed by atoms with van der Waals surface area (Å²) in [6, 6.07) is 7.23. The number of carbonyl (C=O) groups excluding carboxylic acids is 1. The molecule has 0 saturated heterocycles. The largest absolute Gasteiger partial charge is 0.478 e. The van der Waals surface area contributed by atoms with Gasteiger partial charge in [0.15, 0.2) is 5.78 Å². The van der Waals surface area contributed by atoms with E-state index in [0.717, 1.165) is 0 Å². The number of halogens is 2. The van der Waals surface area contributed by atoms with Gasteiger partial charge < -0.3 is 5.11 Å². The molecular weight excluding hydrogens is 339 g/mol. The highest BCUT2D eigenvalue weighted by molar-refractivity contribution is 9.10. The van der Waals surface area contributed by atoms with Crippen LogP contribution in [-0.4, -0.2) is 16.9 Å². The first kappa shape index (κ1) is 15.4. The van der Waals surface area contributed by atoms with E-state index in [1.807, 2.05) is 0 Å². The Morgan fingerprint density at radius 2 is 1.62 bits per heavy atom. The quantitative estimate of drug-likeness (QED) is 0.846. The van der Waals surface area contributed by atoms with Crippen molar-refractivity contribution < 1.29 is 19.1 Å². The van der Waals surface area contributed by atoms with E-state index in [1.54, 1.807) is 26.0 Å². The summed E-state index contributed by atoms with van der Waals surface area (Å²) < 4.78 is 13.4. The normalized spacial score (nSPS) is 10.5. The van der Waals surface area contributed by atoms with Crippen molar-refractivity contribution in [2.75, 3.05) is 0 Å². The SMILES string of the molecule is Cc1ccc(C)c(C(=O)c2ccc(F)c(Br)c2)c1C(=O)O. The number of ketones is 1. The molecule has 2 aromatic rings. The van der Waals surface area contributed by atoms with Gasteiger partial charge in [0, 0.05) is 11.1 Å². The van der Waals surface area contributed by atoms with Crippen LogP contribution in [0.1, 0.15) is 37.4 Å². The molecule has 0 heterocycles. The second kappa shape index (κ2) is 5.77. The molecule has 0 amide bonds. The number of rotatable bonds is 3. The third kappa shape index (κ3) is 2.88. The van der Waals surface area contributed by atoms with E-state index < -0.39 is 17.6 Å². The van der Waals surface area contributed by atoms with Crippen molar-refractivity contribution in [2.24, 2.45) is 0 Å². The Morgan fingerprint density at radius 1 is 1.05 bits per heavy atom. The van der Waals surface area contributed by atoms with Crippen LogP contribution in [0.3, 0.4) is 0 Å². The van der Waals surface area contributed by atoms with E-state index in [9.17, 15) is 19.1 Å². The molecule has 0 aliphatic rings. The fourth-order valence-corrected chi connectivity index (χ4v) is 2.54. The molecule has 0 atom stereocenters. The Labute approximate surface area is 129 Å². The Bertz CT molecular complexity index is 753. The summed E-state index contributed by atoms with van der Waals surface area (Å²) in [5.41, 5.74) is 1.45. The first-order valence-corrected chi connectivity index (χ1v) is 6.95. The number of hydrogen-bond acceptors (Lipinski definition) is 2. The smallest absolute Gasteiger partial charge is 0.336 e. The van der Waals surface area contributed by atoms with E-state index in [1.165, 1.54) is 18.2 Å². The number of aromatic carboxylic acids is 1. The molecule has 2 rings (SSSR count). The molecule has 0 radical (unpaired) electrons. The highest BCUT2D eigenvalue weighted by atomic mass is 79.9. The van der Waals surface area contributed by atoms with Gasteiger partial charge in [0.05, 0.1) is 10.0 Å². The lowest BCUT2D eigenvalue weighted by Gasteiger charge is -2.12. The summed E-state index contributed by atoms with van der Waals surface area (Å²) in [6.07, 6.45) is 0. The number of benzene rings is 2. The van der Waals surface area contributed by atoms with Crippen LogP contribution in [0.5, 0.6) is 0 Å². The zero-order valence-corrected chi connectivity index (χ0v) is 13.0. The summed E-state index contributed by atoms with van der Waals surface area (Å²) in [6.45, 7) is 3.32. The first-order valence-electron chi connectivity index (χ1n) is 6.16. The minimum absolute atomic E-state index is 0.0135. The van der Waals surface area contributed by atoms with Crippen molar-refractivity contribution in [3.05, 3.63) is 68.4 Å². The maximum Gasteiger partial charge on any atom is 0.336 e. The Balaban J connectivity index is 2.65. The minimum Gasteiger partial charge on any atom is -0.478 e. The van der Waals surface area contributed by atoms with Crippen LogP contribution in [0.4, 0.5) is 4.39 Å². The molecular formula is C16H12BrFO3. The zero-order chi connectivity index (χ0) is 15.7. The monoisotopic (exact) mass is 350 g/mol. The van der Waals surface area contributed by atoms with Crippen molar-refractivity contribution in [2.45, 2.75) is 13.8 Å². The molecule has 108 valence electrons. The minimum atomic E-state index is -1.15. The maximum atomic E-state index is 13.3. The molecule has 3 nitrogen and oxygen atoms in total. The van der Waals surface area contributed by atoms with E-state index in [-0.39, 0.29) is 21.2 Å². The van der Waals surface area contributed by atoms with Gasteiger partial charge in [-0.1, -0.05) is 12.1 Å². The van der Waals surface area contributed by atoms with Crippen molar-refractivity contribution in [3.63, 3.8) is 0 Å². The number of carbonyl (C=O) groups is 2. The summed E-state index contributed by atoms with van der Waals surface area (Å²) in [5, 5.41) is 9.34. The van der Waals surface area contributed by atoms with Gasteiger partial charge in [-0.25, -0.2) is 9.18 Å². The molecule has 2 aromatic carbocycles. The topological polar surface area (TPSA) is 54.4 Å². The van der Waals surface area contributed by atoms with E-state index in [0.29, 0.717) is 11.1 Å². The van der Waals surface area contributed by atoms with Gasteiger partial charge in [0.2, 0.25) is 0 Å². The lowest BCUT2D eigenvalue weighted by Crippen LogP contribution is -2.13. The predicted octanol–water partition coefficient (Wildman–Crippen LogP) is 4.13. The average molecular weight is 351 g/mol. The second-order valence-corrected chi connectivity index (χ2v) is 5.57. The summed E-state index contributed by atoms with van der Waals surface area (Å²) >= 11 is 3.02. The highest BCUT2D eigenvalue weighted by Gasteiger charge is 2.22. The average Bonchev–Trinajstić information content (AvgIpc) is 2.43. The van der Waals surface area contributed by atoms with E-state index >= 15 is 0 Å². The van der Waals surface area contributed by atoms with Gasteiger partial charge in [-0.05, 0) is 59.1 Å². The van der Waals surface area contributed by atoms with Gasteiger partial charge >= 0.3 is 5.97 Å². The Kier molecular flexibility index (Phi) is 4.23. The molecule has 0 unspecified atom stereocenters. The van der Waals surface area contributed by atoms with Gasteiger partial charge in [0.1, 0.15) is 5.82 Å². The molecule has 5 heteroatoms. The third-order valence-corrected chi connectivity index (χ3v) is 3.85. The molecule has 0 spiro atoms. The van der Waals surface area contributed by atoms with Crippen LogP contribution >= 0.6 is 15.9 Å². The molecule has 21 heavy (non-hydrogen) atoms. The lowest BCUT2D eigenvalue weighted by molar-refractivity contribution is 0.0692. The fraction of sp³-hybridized carbons (Fsp3) is 0.125. The highest BCUT2D eigenvalue weighted by Crippen LogP contribution is 2.24.